The minimum atomic E-state index is -2.10. The number of aliphatic carboxylic acids is 1. The molecule has 0 heterocycles. The fraction of sp³-hybridized carbons (Fsp3) is 0.125. The molecule has 0 saturated carbocycles. The third-order valence-electron chi connectivity index (χ3n) is 1.73. The number of carbonyl (C=O) groups is 1. The van der Waals surface area contributed by atoms with E-state index in [1.807, 2.05) is 0 Å². The second-order valence-corrected chi connectivity index (χ2v) is 3.65. The first-order chi connectivity index (χ1) is 6.35. The molecule has 1 rings (SSSR count). The van der Waals surface area contributed by atoms with Crippen LogP contribution in [-0.4, -0.2) is 26.8 Å². The molecule has 0 atom stereocenters. The molecule has 0 bridgehead atoms. The van der Waals surface area contributed by atoms with Crippen molar-refractivity contribution in [2.45, 2.75) is 5.21 Å². The molecule has 0 aromatic heterocycles. The van der Waals surface area contributed by atoms with Gasteiger partial charge in [0, 0.05) is 9.69 Å². The zero-order valence-electron chi connectivity index (χ0n) is 7.00. The van der Waals surface area contributed by atoms with Crippen molar-refractivity contribution < 1.29 is 14.3 Å². The van der Waals surface area contributed by atoms with Crippen LogP contribution in [0.4, 0.5) is 4.39 Å². The van der Waals surface area contributed by atoms with Gasteiger partial charge >= 0.3 is 0 Å². The van der Waals surface area contributed by atoms with Crippen molar-refractivity contribution in [2.75, 3.05) is 0 Å². The number of hydrogen-bond donors (Lipinski definition) is 1. The molecule has 0 spiro atoms. The first-order valence-corrected chi connectivity index (χ1v) is 4.41. The van der Waals surface area contributed by atoms with E-state index in [9.17, 15) is 9.18 Å². The van der Waals surface area contributed by atoms with E-state index in [1.165, 1.54) is 12.1 Å². The lowest BCUT2D eigenvalue weighted by Gasteiger charge is -2.22. The van der Waals surface area contributed by atoms with Gasteiger partial charge in [-0.1, -0.05) is 15.9 Å². The molecule has 0 aliphatic rings. The minimum absolute atomic E-state index is 0.00926. The number of rotatable bonds is 2. The Morgan fingerprint density at radius 3 is 2.57 bits per heavy atom. The summed E-state index contributed by atoms with van der Waals surface area (Å²) in [7, 11) is 10.7. The second kappa shape index (κ2) is 3.77. The van der Waals surface area contributed by atoms with Crippen molar-refractivity contribution in [1.82, 2.24) is 0 Å². The summed E-state index contributed by atoms with van der Waals surface area (Å²) in [6, 6.07) is 3.51. The lowest BCUT2D eigenvalue weighted by atomic mass is 9.51. The monoisotopic (exact) mass is 252 g/mol. The third-order valence-corrected chi connectivity index (χ3v) is 2.42. The molecule has 0 aliphatic heterocycles. The highest BCUT2D eigenvalue weighted by atomic mass is 79.9. The van der Waals surface area contributed by atoms with Crippen LogP contribution in [-0.2, 0) is 10.0 Å². The van der Waals surface area contributed by atoms with Gasteiger partial charge in [0.05, 0.1) is 15.7 Å². The third kappa shape index (κ3) is 2.00. The summed E-state index contributed by atoms with van der Waals surface area (Å²) >= 11 is 3.04. The molecule has 2 nitrogen and oxygen atoms in total. The summed E-state index contributed by atoms with van der Waals surface area (Å²) < 4.78 is 13.2. The lowest BCUT2D eigenvalue weighted by molar-refractivity contribution is -0.138. The van der Waals surface area contributed by atoms with Crippen LogP contribution in [0.3, 0.4) is 0 Å². The molecular weight excluding hydrogens is 249 g/mol. The number of halogens is 2. The fourth-order valence-corrected chi connectivity index (χ4v) is 1.50. The largest absolute Gasteiger partial charge is 0.482 e. The van der Waals surface area contributed by atoms with E-state index < -0.39 is 17.0 Å². The highest BCUT2D eigenvalue weighted by Crippen LogP contribution is 2.26. The van der Waals surface area contributed by atoms with Crippen molar-refractivity contribution in [2.24, 2.45) is 0 Å². The van der Waals surface area contributed by atoms with E-state index in [1.54, 1.807) is 0 Å². The predicted octanol–water partition coefficient (Wildman–Crippen LogP) is 1.16. The Hall–Kier alpha value is -0.770. The molecule has 68 valence electrons. The average molecular weight is 253 g/mol. The van der Waals surface area contributed by atoms with Crippen LogP contribution in [0.1, 0.15) is 5.56 Å². The predicted molar refractivity (Wildman–Crippen MR) is 54.9 cm³/mol. The summed E-state index contributed by atoms with van der Waals surface area (Å²) in [5.74, 6) is -2.02. The molecule has 0 aliphatic carbocycles. The molecule has 14 heavy (non-hydrogen) atoms. The van der Waals surface area contributed by atoms with Crippen LogP contribution >= 0.6 is 15.9 Å². The Morgan fingerprint density at radius 2 is 2.07 bits per heavy atom. The Balaban J connectivity index is 3.31. The van der Waals surface area contributed by atoms with Crippen molar-refractivity contribution in [1.29, 1.82) is 0 Å². The van der Waals surface area contributed by atoms with E-state index in [0.29, 0.717) is 4.47 Å². The Bertz CT molecular complexity index is 382. The van der Waals surface area contributed by atoms with Gasteiger partial charge in [0.15, 0.2) is 0 Å². The van der Waals surface area contributed by atoms with Gasteiger partial charge in [-0.15, -0.1) is 0 Å². The first kappa shape index (κ1) is 11.3. The van der Waals surface area contributed by atoms with Crippen LogP contribution in [0.25, 0.3) is 0 Å². The van der Waals surface area contributed by atoms with Crippen LogP contribution in [0, 0.1) is 5.82 Å². The molecule has 1 aromatic rings. The first-order valence-electron chi connectivity index (χ1n) is 3.62. The molecule has 4 radical (unpaired) electrons. The molecular formula is C8H4B2BrFO2. The molecule has 1 aromatic carbocycles. The highest BCUT2D eigenvalue weighted by molar-refractivity contribution is 9.10. The van der Waals surface area contributed by atoms with E-state index in [-0.39, 0.29) is 5.56 Å². The van der Waals surface area contributed by atoms with Gasteiger partial charge in [-0.25, -0.2) is 4.39 Å². The zero-order chi connectivity index (χ0) is 10.9. The zero-order valence-corrected chi connectivity index (χ0v) is 8.58. The number of hydrogen-bond acceptors (Lipinski definition) is 1. The standard InChI is InChI=1S/C8H4B2BrFO2/c9-8(10,7(13)14)5-3-4(12)1-2-6(5)11/h1-3H,(H,13,14). The highest BCUT2D eigenvalue weighted by Gasteiger charge is 2.30. The van der Waals surface area contributed by atoms with Crippen molar-refractivity contribution in [3.8, 4) is 0 Å². The molecule has 0 unspecified atom stereocenters. The van der Waals surface area contributed by atoms with Gasteiger partial charge in [0.25, 0.3) is 5.97 Å². The minimum Gasteiger partial charge on any atom is -0.482 e. The van der Waals surface area contributed by atoms with Crippen LogP contribution in [0.5, 0.6) is 0 Å². The van der Waals surface area contributed by atoms with Gasteiger partial charge in [0.2, 0.25) is 0 Å². The van der Waals surface area contributed by atoms with E-state index in [4.69, 9.17) is 20.8 Å². The number of carboxylic acids is 1. The lowest BCUT2D eigenvalue weighted by Crippen LogP contribution is -2.37. The topological polar surface area (TPSA) is 37.3 Å². The van der Waals surface area contributed by atoms with Crippen LogP contribution in [0.15, 0.2) is 22.7 Å². The fourth-order valence-electron chi connectivity index (χ4n) is 0.930. The van der Waals surface area contributed by atoms with E-state index >= 15 is 0 Å². The summed E-state index contributed by atoms with van der Waals surface area (Å²) in [6.07, 6.45) is 0. The average Bonchev–Trinajstić information content (AvgIpc) is 2.08. The van der Waals surface area contributed by atoms with Gasteiger partial charge in [-0.2, -0.15) is 0 Å². The summed E-state index contributed by atoms with van der Waals surface area (Å²) in [4.78, 5) is 10.7. The van der Waals surface area contributed by atoms with Gasteiger partial charge in [-0.05, 0) is 23.8 Å². The van der Waals surface area contributed by atoms with Crippen molar-refractivity contribution in [3.05, 3.63) is 34.1 Å². The number of benzene rings is 1. The van der Waals surface area contributed by atoms with Crippen LogP contribution < -0.4 is 0 Å². The van der Waals surface area contributed by atoms with Crippen LogP contribution in [0.2, 0.25) is 0 Å². The smallest absolute Gasteiger partial charge is 0.296 e. The SMILES string of the molecule is [B]C([B])(C(=O)O)c1cc(F)ccc1Br. The molecule has 1 N–H and O–H groups in total. The Morgan fingerprint density at radius 1 is 1.50 bits per heavy atom. The van der Waals surface area contributed by atoms with Crippen molar-refractivity contribution >= 4 is 37.6 Å². The Labute approximate surface area is 91.5 Å². The maximum absolute atomic E-state index is 12.8. The van der Waals surface area contributed by atoms with Gasteiger partial charge in [0.1, 0.15) is 5.82 Å². The molecule has 6 heteroatoms. The van der Waals surface area contributed by atoms with E-state index in [0.717, 1.165) is 6.07 Å². The summed E-state index contributed by atoms with van der Waals surface area (Å²) in [5.41, 5.74) is -0.00926. The molecule has 0 saturated heterocycles. The second-order valence-electron chi connectivity index (χ2n) is 2.80. The van der Waals surface area contributed by atoms with Gasteiger partial charge < -0.3 is 5.11 Å². The van der Waals surface area contributed by atoms with Gasteiger partial charge in [-0.3, -0.25) is 4.79 Å². The number of carboxylic acid groups (broad SMARTS) is 1. The maximum atomic E-state index is 12.8. The quantitative estimate of drug-likeness (QED) is 0.802. The summed E-state index contributed by atoms with van der Waals surface area (Å²) in [6.45, 7) is 0. The summed E-state index contributed by atoms with van der Waals surface area (Å²) in [5, 5.41) is 6.62. The normalized spacial score (nSPS) is 11.3. The Kier molecular flexibility index (Phi) is 3.04. The molecule has 0 fully saturated rings. The molecule has 0 amide bonds. The van der Waals surface area contributed by atoms with E-state index in [2.05, 4.69) is 15.9 Å². The maximum Gasteiger partial charge on any atom is 0.296 e. The van der Waals surface area contributed by atoms with Crippen molar-refractivity contribution in [3.63, 3.8) is 0 Å².